The SMILES string of the molecule is Cc1ccc(-c2nn3ccc(C(=O)N(CCC(C)C)CCC(C)C)cc3c2CCCN2CCCCC2C)cc1. The number of nitrogens with zero attached hydrogens (tertiary/aromatic N) is 4. The first kappa shape index (κ1) is 29.3. The highest BCUT2D eigenvalue weighted by Gasteiger charge is 2.22. The number of rotatable bonds is 12. The quantitative estimate of drug-likeness (QED) is 0.241. The lowest BCUT2D eigenvalue weighted by atomic mass is 9.99. The van der Waals surface area contributed by atoms with Gasteiger partial charge in [-0.15, -0.1) is 0 Å². The molecule has 3 aromatic rings. The van der Waals surface area contributed by atoms with Crippen molar-refractivity contribution >= 4 is 11.4 Å². The summed E-state index contributed by atoms with van der Waals surface area (Å²) in [5, 5.41) is 5.04. The number of carbonyl (C=O) groups is 1. The molecule has 1 aliphatic rings. The monoisotopic (exact) mass is 530 g/mol. The van der Waals surface area contributed by atoms with Crippen molar-refractivity contribution in [1.29, 1.82) is 0 Å². The molecule has 1 amide bonds. The number of benzene rings is 1. The van der Waals surface area contributed by atoms with Crippen LogP contribution >= 0.6 is 0 Å². The highest BCUT2D eigenvalue weighted by atomic mass is 16.2. The maximum atomic E-state index is 13.8. The van der Waals surface area contributed by atoms with Gasteiger partial charge in [-0.2, -0.15) is 5.10 Å². The molecule has 0 saturated carbocycles. The van der Waals surface area contributed by atoms with E-state index in [1.165, 1.54) is 36.9 Å². The Morgan fingerprint density at radius 3 is 2.36 bits per heavy atom. The third-order valence-corrected chi connectivity index (χ3v) is 8.36. The van der Waals surface area contributed by atoms with Gasteiger partial charge in [-0.1, -0.05) is 63.9 Å². The molecule has 1 fully saturated rings. The van der Waals surface area contributed by atoms with Crippen molar-refractivity contribution in [2.24, 2.45) is 11.8 Å². The molecule has 1 aromatic carbocycles. The molecule has 0 bridgehead atoms. The Morgan fingerprint density at radius 1 is 1.03 bits per heavy atom. The number of hydrogen-bond donors (Lipinski definition) is 0. The fourth-order valence-electron chi connectivity index (χ4n) is 5.69. The summed E-state index contributed by atoms with van der Waals surface area (Å²) in [6.07, 6.45) is 10.1. The lowest BCUT2D eigenvalue weighted by Crippen LogP contribution is -2.38. The second-order valence-corrected chi connectivity index (χ2v) is 12.6. The van der Waals surface area contributed by atoms with Gasteiger partial charge in [0, 0.05) is 42.0 Å². The smallest absolute Gasteiger partial charge is 0.253 e. The zero-order chi connectivity index (χ0) is 27.9. The van der Waals surface area contributed by atoms with Gasteiger partial charge in [0.1, 0.15) is 0 Å². The standard InChI is InChI=1S/C34H50N4O/c1-25(2)16-21-37(22-17-26(3)4)34(39)30-18-23-38-32(24-30)31(11-9-20-36-19-8-7-10-28(36)6)33(35-38)29-14-12-27(5)13-15-29/h12-15,18,23-26,28H,7-11,16-17,19-22H2,1-6H3. The van der Waals surface area contributed by atoms with Crippen LogP contribution in [-0.4, -0.2) is 57.5 Å². The van der Waals surface area contributed by atoms with Gasteiger partial charge in [0.15, 0.2) is 0 Å². The summed E-state index contributed by atoms with van der Waals surface area (Å²) in [6.45, 7) is 17.3. The molecule has 0 radical (unpaired) electrons. The first-order valence-electron chi connectivity index (χ1n) is 15.3. The summed E-state index contributed by atoms with van der Waals surface area (Å²) >= 11 is 0. The van der Waals surface area contributed by atoms with Crippen molar-refractivity contribution in [3.63, 3.8) is 0 Å². The number of fused-ring (bicyclic) bond motifs is 1. The van der Waals surface area contributed by atoms with Crippen molar-refractivity contribution < 1.29 is 4.79 Å². The highest BCUT2D eigenvalue weighted by Crippen LogP contribution is 2.29. The molecule has 1 saturated heterocycles. The third-order valence-electron chi connectivity index (χ3n) is 8.36. The molecule has 1 atom stereocenters. The van der Waals surface area contributed by atoms with Crippen molar-refractivity contribution in [2.75, 3.05) is 26.2 Å². The Hall–Kier alpha value is -2.66. The maximum absolute atomic E-state index is 13.8. The molecule has 0 spiro atoms. The number of carbonyl (C=O) groups excluding carboxylic acids is 1. The second kappa shape index (κ2) is 13.6. The first-order valence-corrected chi connectivity index (χ1v) is 15.3. The molecule has 2 aromatic heterocycles. The summed E-state index contributed by atoms with van der Waals surface area (Å²) in [5.41, 5.74) is 6.54. The molecule has 3 heterocycles. The summed E-state index contributed by atoms with van der Waals surface area (Å²) < 4.78 is 1.98. The summed E-state index contributed by atoms with van der Waals surface area (Å²) in [6, 6.07) is 13.4. The lowest BCUT2D eigenvalue weighted by Gasteiger charge is -2.33. The van der Waals surface area contributed by atoms with Crippen LogP contribution in [0.5, 0.6) is 0 Å². The van der Waals surface area contributed by atoms with E-state index in [0.29, 0.717) is 17.9 Å². The van der Waals surface area contributed by atoms with Gasteiger partial charge < -0.3 is 9.80 Å². The Kier molecular flexibility index (Phi) is 10.2. The average Bonchev–Trinajstić information content (AvgIpc) is 3.27. The third kappa shape index (κ3) is 7.72. The van der Waals surface area contributed by atoms with Gasteiger partial charge in [0.2, 0.25) is 0 Å². The molecule has 5 heteroatoms. The minimum atomic E-state index is 0.143. The van der Waals surface area contributed by atoms with Gasteiger partial charge in [-0.3, -0.25) is 4.79 Å². The van der Waals surface area contributed by atoms with E-state index in [1.807, 2.05) is 16.8 Å². The van der Waals surface area contributed by atoms with Gasteiger partial charge in [0.25, 0.3) is 5.91 Å². The van der Waals surface area contributed by atoms with Crippen LogP contribution in [0.15, 0.2) is 42.6 Å². The van der Waals surface area contributed by atoms with Crippen LogP contribution in [0.3, 0.4) is 0 Å². The lowest BCUT2D eigenvalue weighted by molar-refractivity contribution is 0.0741. The predicted octanol–water partition coefficient (Wildman–Crippen LogP) is 7.65. The highest BCUT2D eigenvalue weighted by molar-refractivity contribution is 5.95. The Bertz CT molecular complexity index is 1200. The number of hydrogen-bond acceptors (Lipinski definition) is 3. The average molecular weight is 531 g/mol. The van der Waals surface area contributed by atoms with Crippen LogP contribution < -0.4 is 0 Å². The Balaban J connectivity index is 1.64. The maximum Gasteiger partial charge on any atom is 0.253 e. The van der Waals surface area contributed by atoms with Crippen molar-refractivity contribution in [3.05, 3.63) is 59.3 Å². The molecule has 1 aliphatic heterocycles. The van der Waals surface area contributed by atoms with Crippen LogP contribution in [-0.2, 0) is 6.42 Å². The van der Waals surface area contributed by atoms with Crippen LogP contribution in [0.4, 0.5) is 0 Å². The van der Waals surface area contributed by atoms with Crippen LogP contribution in [0, 0.1) is 18.8 Å². The Morgan fingerprint density at radius 2 is 1.72 bits per heavy atom. The fourth-order valence-corrected chi connectivity index (χ4v) is 5.69. The minimum Gasteiger partial charge on any atom is -0.339 e. The zero-order valence-corrected chi connectivity index (χ0v) is 25.2. The van der Waals surface area contributed by atoms with Crippen LogP contribution in [0.25, 0.3) is 16.8 Å². The molecule has 212 valence electrons. The van der Waals surface area contributed by atoms with E-state index < -0.39 is 0 Å². The number of piperidine rings is 1. The normalized spacial score (nSPS) is 16.5. The molecule has 4 rings (SSSR count). The predicted molar refractivity (Wildman–Crippen MR) is 163 cm³/mol. The minimum absolute atomic E-state index is 0.143. The summed E-state index contributed by atoms with van der Waals surface area (Å²) in [5.74, 6) is 1.29. The molecular formula is C34H50N4O. The van der Waals surface area contributed by atoms with E-state index in [1.54, 1.807) is 0 Å². The number of aromatic nitrogens is 2. The number of likely N-dealkylation sites (tertiary alicyclic amines) is 1. The number of aryl methyl sites for hydroxylation is 2. The molecule has 5 nitrogen and oxygen atoms in total. The number of pyridine rings is 1. The van der Waals surface area contributed by atoms with E-state index in [0.717, 1.165) is 67.7 Å². The molecule has 39 heavy (non-hydrogen) atoms. The second-order valence-electron chi connectivity index (χ2n) is 12.6. The van der Waals surface area contributed by atoms with Crippen LogP contribution in [0.2, 0.25) is 0 Å². The molecule has 0 N–H and O–H groups in total. The van der Waals surface area contributed by atoms with E-state index in [9.17, 15) is 4.79 Å². The Labute approximate surface area is 236 Å². The van der Waals surface area contributed by atoms with E-state index in [2.05, 4.69) is 81.7 Å². The topological polar surface area (TPSA) is 40.9 Å². The molecule has 1 unspecified atom stereocenters. The van der Waals surface area contributed by atoms with E-state index in [-0.39, 0.29) is 5.91 Å². The van der Waals surface area contributed by atoms with Gasteiger partial charge in [-0.05, 0) is 89.4 Å². The molecule has 0 aliphatic carbocycles. The van der Waals surface area contributed by atoms with Gasteiger partial charge >= 0.3 is 0 Å². The molecular weight excluding hydrogens is 480 g/mol. The van der Waals surface area contributed by atoms with Gasteiger partial charge in [-0.25, -0.2) is 4.52 Å². The summed E-state index contributed by atoms with van der Waals surface area (Å²) in [4.78, 5) is 18.5. The van der Waals surface area contributed by atoms with Gasteiger partial charge in [0.05, 0.1) is 11.2 Å². The summed E-state index contributed by atoms with van der Waals surface area (Å²) in [7, 11) is 0. The fraction of sp³-hybridized carbons (Fsp3) is 0.588. The number of amides is 1. The van der Waals surface area contributed by atoms with Crippen LogP contribution in [0.1, 0.15) is 94.6 Å². The van der Waals surface area contributed by atoms with E-state index in [4.69, 9.17) is 5.10 Å². The van der Waals surface area contributed by atoms with Crippen molar-refractivity contribution in [1.82, 2.24) is 19.4 Å². The van der Waals surface area contributed by atoms with Crippen molar-refractivity contribution in [2.45, 2.75) is 92.5 Å². The first-order chi connectivity index (χ1) is 18.7. The zero-order valence-electron chi connectivity index (χ0n) is 25.2. The van der Waals surface area contributed by atoms with Crippen molar-refractivity contribution in [3.8, 4) is 11.3 Å². The van der Waals surface area contributed by atoms with E-state index >= 15 is 0 Å². The largest absolute Gasteiger partial charge is 0.339 e.